The van der Waals surface area contributed by atoms with E-state index < -0.39 is 16.9 Å². The Labute approximate surface area is 98.2 Å². The van der Waals surface area contributed by atoms with E-state index in [4.69, 9.17) is 5.11 Å². The highest BCUT2D eigenvalue weighted by Crippen LogP contribution is 2.24. The van der Waals surface area contributed by atoms with Gasteiger partial charge in [-0.05, 0) is 17.8 Å². The average molecular weight is 241 g/mol. The SMILES string of the molecule is CC(C)c1cc([N+](=O)[O-])n(C(C)CC(=O)O)n1. The zero-order valence-corrected chi connectivity index (χ0v) is 9.95. The number of hydrogen-bond acceptors (Lipinski definition) is 4. The Morgan fingerprint density at radius 2 is 2.18 bits per heavy atom. The van der Waals surface area contributed by atoms with Crippen molar-refractivity contribution in [2.24, 2.45) is 0 Å². The van der Waals surface area contributed by atoms with Crippen LogP contribution in [0.3, 0.4) is 0 Å². The predicted molar refractivity (Wildman–Crippen MR) is 59.9 cm³/mol. The monoisotopic (exact) mass is 241 g/mol. The van der Waals surface area contributed by atoms with E-state index >= 15 is 0 Å². The quantitative estimate of drug-likeness (QED) is 0.627. The van der Waals surface area contributed by atoms with Crippen molar-refractivity contribution in [3.8, 4) is 0 Å². The number of nitrogens with zero attached hydrogens (tertiary/aromatic N) is 3. The average Bonchev–Trinajstić information content (AvgIpc) is 2.60. The van der Waals surface area contributed by atoms with E-state index in [1.807, 2.05) is 13.8 Å². The van der Waals surface area contributed by atoms with Crippen LogP contribution in [0.15, 0.2) is 6.07 Å². The van der Waals surface area contributed by atoms with Gasteiger partial charge < -0.3 is 15.2 Å². The van der Waals surface area contributed by atoms with Crippen LogP contribution in [0, 0.1) is 10.1 Å². The van der Waals surface area contributed by atoms with Crippen molar-refractivity contribution >= 4 is 11.8 Å². The van der Waals surface area contributed by atoms with Crippen LogP contribution < -0.4 is 0 Å². The molecule has 17 heavy (non-hydrogen) atoms. The summed E-state index contributed by atoms with van der Waals surface area (Å²) in [6.45, 7) is 5.34. The number of aromatic nitrogens is 2. The molecule has 0 fully saturated rings. The summed E-state index contributed by atoms with van der Waals surface area (Å²) in [5.41, 5.74) is 0.592. The summed E-state index contributed by atoms with van der Waals surface area (Å²) >= 11 is 0. The zero-order chi connectivity index (χ0) is 13.2. The van der Waals surface area contributed by atoms with Gasteiger partial charge in [-0.3, -0.25) is 4.79 Å². The van der Waals surface area contributed by atoms with Gasteiger partial charge in [0.1, 0.15) is 6.04 Å². The largest absolute Gasteiger partial charge is 0.481 e. The van der Waals surface area contributed by atoms with E-state index in [2.05, 4.69) is 5.10 Å². The van der Waals surface area contributed by atoms with Gasteiger partial charge in [-0.15, -0.1) is 4.68 Å². The Kier molecular flexibility index (Phi) is 3.82. The Bertz CT molecular complexity index is 439. The second kappa shape index (κ2) is 4.94. The van der Waals surface area contributed by atoms with Crippen LogP contribution in [-0.2, 0) is 4.79 Å². The van der Waals surface area contributed by atoms with E-state index in [1.54, 1.807) is 6.92 Å². The van der Waals surface area contributed by atoms with Crippen molar-refractivity contribution in [1.29, 1.82) is 0 Å². The molecule has 1 rings (SSSR count). The summed E-state index contributed by atoms with van der Waals surface area (Å²) in [5.74, 6) is -1.11. The van der Waals surface area contributed by atoms with Crippen molar-refractivity contribution in [3.63, 3.8) is 0 Å². The molecule has 0 aliphatic carbocycles. The van der Waals surface area contributed by atoms with E-state index in [0.29, 0.717) is 5.69 Å². The number of rotatable bonds is 5. The minimum absolute atomic E-state index is 0.0620. The number of carbonyl (C=O) groups is 1. The third-order valence-electron chi connectivity index (χ3n) is 2.40. The Balaban J connectivity index is 3.11. The fraction of sp³-hybridized carbons (Fsp3) is 0.600. The molecule has 1 N–H and O–H groups in total. The van der Waals surface area contributed by atoms with Crippen molar-refractivity contribution in [2.45, 2.75) is 39.2 Å². The summed E-state index contributed by atoms with van der Waals surface area (Å²) in [7, 11) is 0. The third-order valence-corrected chi connectivity index (χ3v) is 2.40. The summed E-state index contributed by atoms with van der Waals surface area (Å²) in [4.78, 5) is 20.9. The van der Waals surface area contributed by atoms with Crippen LogP contribution in [-0.4, -0.2) is 25.8 Å². The number of nitro groups is 1. The zero-order valence-electron chi connectivity index (χ0n) is 9.95. The molecule has 0 saturated heterocycles. The highest BCUT2D eigenvalue weighted by Gasteiger charge is 2.25. The molecule has 0 saturated carbocycles. The lowest BCUT2D eigenvalue weighted by Crippen LogP contribution is -2.14. The maximum Gasteiger partial charge on any atom is 0.345 e. The van der Waals surface area contributed by atoms with Crippen molar-refractivity contribution in [3.05, 3.63) is 21.9 Å². The molecule has 0 aromatic carbocycles. The summed E-state index contributed by atoms with van der Waals surface area (Å²) in [6, 6.07) is 0.851. The number of carboxylic acids is 1. The van der Waals surface area contributed by atoms with Crippen LogP contribution >= 0.6 is 0 Å². The Morgan fingerprint density at radius 1 is 1.59 bits per heavy atom. The van der Waals surface area contributed by atoms with E-state index in [9.17, 15) is 14.9 Å². The fourth-order valence-electron chi connectivity index (χ4n) is 1.48. The molecule has 1 aromatic heterocycles. The Hall–Kier alpha value is -1.92. The van der Waals surface area contributed by atoms with Crippen molar-refractivity contribution in [1.82, 2.24) is 9.78 Å². The van der Waals surface area contributed by atoms with E-state index in [0.717, 1.165) is 0 Å². The first kappa shape index (κ1) is 13.1. The van der Waals surface area contributed by atoms with Crippen molar-refractivity contribution < 1.29 is 14.8 Å². The molecule has 0 radical (unpaired) electrons. The van der Waals surface area contributed by atoms with Gasteiger partial charge in [0.15, 0.2) is 0 Å². The molecule has 1 aromatic rings. The van der Waals surface area contributed by atoms with E-state index in [-0.39, 0.29) is 18.2 Å². The van der Waals surface area contributed by atoms with Crippen LogP contribution in [0.25, 0.3) is 0 Å². The second-order valence-corrected chi connectivity index (χ2v) is 4.23. The van der Waals surface area contributed by atoms with Gasteiger partial charge in [-0.1, -0.05) is 18.9 Å². The van der Waals surface area contributed by atoms with Crippen molar-refractivity contribution in [2.75, 3.05) is 0 Å². The summed E-state index contributed by atoms with van der Waals surface area (Å²) < 4.78 is 1.17. The third kappa shape index (κ3) is 3.02. The number of carboxylic acid groups (broad SMARTS) is 1. The van der Waals surface area contributed by atoms with Gasteiger partial charge in [0.25, 0.3) is 0 Å². The molecule has 1 atom stereocenters. The highest BCUT2D eigenvalue weighted by molar-refractivity contribution is 5.67. The molecule has 0 aliphatic rings. The maximum atomic E-state index is 10.8. The standard InChI is InChI=1S/C10H15N3O4/c1-6(2)8-5-9(13(16)17)12(11-8)7(3)4-10(14)15/h5-7H,4H2,1-3H3,(H,14,15). The molecule has 94 valence electrons. The number of aliphatic carboxylic acids is 1. The van der Waals surface area contributed by atoms with Gasteiger partial charge in [-0.25, -0.2) is 0 Å². The molecular formula is C10H15N3O4. The van der Waals surface area contributed by atoms with Crippen LogP contribution in [0.5, 0.6) is 0 Å². The highest BCUT2D eigenvalue weighted by atomic mass is 16.6. The lowest BCUT2D eigenvalue weighted by molar-refractivity contribution is -0.393. The van der Waals surface area contributed by atoms with Gasteiger partial charge >= 0.3 is 11.8 Å². The fourth-order valence-corrected chi connectivity index (χ4v) is 1.48. The molecule has 0 aliphatic heterocycles. The number of hydrogen-bond donors (Lipinski definition) is 1. The smallest absolute Gasteiger partial charge is 0.345 e. The molecule has 1 unspecified atom stereocenters. The van der Waals surface area contributed by atoms with Crippen LogP contribution in [0.2, 0.25) is 0 Å². The first-order valence-corrected chi connectivity index (χ1v) is 5.28. The van der Waals surface area contributed by atoms with Crippen LogP contribution in [0.1, 0.15) is 44.8 Å². The first-order valence-electron chi connectivity index (χ1n) is 5.28. The normalized spacial score (nSPS) is 12.7. The van der Waals surface area contributed by atoms with Gasteiger partial charge in [0.05, 0.1) is 18.2 Å². The molecule has 0 bridgehead atoms. The topological polar surface area (TPSA) is 98.3 Å². The molecule has 7 nitrogen and oxygen atoms in total. The molecular weight excluding hydrogens is 226 g/mol. The maximum absolute atomic E-state index is 10.8. The molecule has 1 heterocycles. The van der Waals surface area contributed by atoms with Crippen LogP contribution in [0.4, 0.5) is 5.82 Å². The predicted octanol–water partition coefficient (Wildman–Crippen LogP) is 1.95. The summed E-state index contributed by atoms with van der Waals surface area (Å²) in [5, 5.41) is 23.6. The molecule has 7 heteroatoms. The lowest BCUT2D eigenvalue weighted by atomic mass is 10.1. The summed E-state index contributed by atoms with van der Waals surface area (Å²) in [6.07, 6.45) is -0.194. The minimum Gasteiger partial charge on any atom is -0.481 e. The minimum atomic E-state index is -1.01. The molecule has 0 spiro atoms. The molecule has 0 amide bonds. The van der Waals surface area contributed by atoms with Gasteiger partial charge in [-0.2, -0.15) is 0 Å². The van der Waals surface area contributed by atoms with Gasteiger partial charge in [0, 0.05) is 0 Å². The lowest BCUT2D eigenvalue weighted by Gasteiger charge is -2.05. The Morgan fingerprint density at radius 3 is 2.59 bits per heavy atom. The first-order chi connectivity index (χ1) is 7.82. The van der Waals surface area contributed by atoms with E-state index in [1.165, 1.54) is 10.7 Å². The van der Waals surface area contributed by atoms with Gasteiger partial charge in [0.2, 0.25) is 0 Å². The second-order valence-electron chi connectivity index (χ2n) is 4.23.